The van der Waals surface area contributed by atoms with Crippen molar-refractivity contribution in [3.8, 4) is 23.0 Å². The Balaban J connectivity index is 1.63. The van der Waals surface area contributed by atoms with Crippen LogP contribution < -0.4 is 24.3 Å². The van der Waals surface area contributed by atoms with E-state index in [1.165, 1.54) is 21.3 Å². The number of carbonyl (C=O) groups is 2. The summed E-state index contributed by atoms with van der Waals surface area (Å²) in [5, 5.41) is 2.72. The van der Waals surface area contributed by atoms with Crippen LogP contribution in [-0.2, 0) is 20.6 Å². The summed E-state index contributed by atoms with van der Waals surface area (Å²) in [5.41, 5.74) is 2.69. The van der Waals surface area contributed by atoms with E-state index in [0.717, 1.165) is 11.1 Å². The summed E-state index contributed by atoms with van der Waals surface area (Å²) in [4.78, 5) is 24.3. The molecule has 2 atom stereocenters. The second-order valence-electron chi connectivity index (χ2n) is 7.54. The van der Waals surface area contributed by atoms with Crippen LogP contribution in [0.3, 0.4) is 0 Å². The number of alkyl carbamates (subject to hydrolysis) is 1. The van der Waals surface area contributed by atoms with E-state index in [1.54, 1.807) is 19.1 Å². The highest BCUT2D eigenvalue weighted by Gasteiger charge is 2.46. The summed E-state index contributed by atoms with van der Waals surface area (Å²) in [6.45, 7) is 2.55. The van der Waals surface area contributed by atoms with Crippen molar-refractivity contribution >= 4 is 12.1 Å². The van der Waals surface area contributed by atoms with Gasteiger partial charge in [0.15, 0.2) is 23.0 Å². The quantitative estimate of drug-likeness (QED) is 0.433. The van der Waals surface area contributed by atoms with Gasteiger partial charge in [-0.1, -0.05) is 6.07 Å². The smallest absolute Gasteiger partial charge is 0.407 e. The van der Waals surface area contributed by atoms with Crippen molar-refractivity contribution in [1.82, 2.24) is 5.32 Å². The van der Waals surface area contributed by atoms with Crippen LogP contribution in [0.25, 0.3) is 0 Å². The third kappa shape index (κ3) is 4.54. The molecule has 2 aliphatic heterocycles. The summed E-state index contributed by atoms with van der Waals surface area (Å²) in [5.74, 6) is 1.40. The lowest BCUT2D eigenvalue weighted by Gasteiger charge is -2.15. The molecule has 10 nitrogen and oxygen atoms in total. The molecule has 2 heterocycles. The van der Waals surface area contributed by atoms with Gasteiger partial charge in [-0.05, 0) is 42.7 Å². The van der Waals surface area contributed by atoms with Crippen LogP contribution in [0.5, 0.6) is 23.0 Å². The van der Waals surface area contributed by atoms with Crippen molar-refractivity contribution in [2.45, 2.75) is 25.6 Å². The predicted molar refractivity (Wildman–Crippen MR) is 119 cm³/mol. The third-order valence-corrected chi connectivity index (χ3v) is 5.65. The Morgan fingerprint density at radius 3 is 2.44 bits per heavy atom. The zero-order chi connectivity index (χ0) is 24.2. The molecular weight excluding hydrogens is 446 g/mol. The van der Waals surface area contributed by atoms with Gasteiger partial charge in [0, 0.05) is 12.1 Å². The maximum absolute atomic E-state index is 12.6. The molecule has 1 N–H and O–H groups in total. The number of fused-ring (bicyclic) bond motifs is 1. The SMILES string of the molecule is CCOC(=O)NCCc1cc2c(cc1[C@@H]1O[C@H]1c1ccc(OC)c(OC)c1C(=O)OC)OCO2. The molecule has 182 valence electrons. The van der Waals surface area contributed by atoms with Gasteiger partial charge in [0.25, 0.3) is 0 Å². The standard InChI is InChI=1S/C24H27NO9/c1-5-31-24(27)25-9-8-13-10-17-18(33-12-32-17)11-15(13)21-20(34-21)14-6-7-16(28-2)22(29-3)19(14)23(26)30-4/h6-7,10-11,20-21H,5,8-9,12H2,1-4H3,(H,25,27)/t20-,21-/m0/s1. The molecule has 0 aliphatic carbocycles. The van der Waals surface area contributed by atoms with E-state index in [-0.39, 0.29) is 24.2 Å². The van der Waals surface area contributed by atoms with Crippen LogP contribution in [0.4, 0.5) is 4.79 Å². The number of nitrogens with one attached hydrogen (secondary N) is 1. The molecule has 2 aromatic carbocycles. The first-order valence-electron chi connectivity index (χ1n) is 10.8. The van der Waals surface area contributed by atoms with Crippen LogP contribution >= 0.6 is 0 Å². The highest BCUT2D eigenvalue weighted by molar-refractivity contribution is 5.95. The van der Waals surface area contributed by atoms with Crippen molar-refractivity contribution in [1.29, 1.82) is 0 Å². The lowest BCUT2D eigenvalue weighted by molar-refractivity contribution is 0.0594. The van der Waals surface area contributed by atoms with Crippen LogP contribution in [0.15, 0.2) is 24.3 Å². The van der Waals surface area contributed by atoms with Gasteiger partial charge in [-0.2, -0.15) is 0 Å². The maximum Gasteiger partial charge on any atom is 0.407 e. The molecule has 0 bridgehead atoms. The van der Waals surface area contributed by atoms with Gasteiger partial charge in [-0.3, -0.25) is 0 Å². The molecule has 0 spiro atoms. The summed E-state index contributed by atoms with van der Waals surface area (Å²) >= 11 is 0. The van der Waals surface area contributed by atoms with Crippen LogP contribution in [0.2, 0.25) is 0 Å². The van der Waals surface area contributed by atoms with Gasteiger partial charge in [-0.15, -0.1) is 0 Å². The molecule has 0 aromatic heterocycles. The number of benzene rings is 2. The average molecular weight is 473 g/mol. The third-order valence-electron chi connectivity index (χ3n) is 5.65. The number of rotatable bonds is 9. The van der Waals surface area contributed by atoms with E-state index in [9.17, 15) is 9.59 Å². The second-order valence-corrected chi connectivity index (χ2v) is 7.54. The lowest BCUT2D eigenvalue weighted by atomic mass is 9.94. The summed E-state index contributed by atoms with van der Waals surface area (Å²) < 4.78 is 37.9. The molecule has 2 aliphatic rings. The van der Waals surface area contributed by atoms with Gasteiger partial charge in [0.05, 0.1) is 27.9 Å². The van der Waals surface area contributed by atoms with Gasteiger partial charge < -0.3 is 38.5 Å². The first-order valence-corrected chi connectivity index (χ1v) is 10.8. The number of hydrogen-bond acceptors (Lipinski definition) is 9. The fourth-order valence-electron chi connectivity index (χ4n) is 4.04. The van der Waals surface area contributed by atoms with Crippen LogP contribution in [0.1, 0.15) is 46.2 Å². The average Bonchev–Trinajstić information content (AvgIpc) is 3.51. The molecule has 0 radical (unpaired) electrons. The van der Waals surface area contributed by atoms with Crippen molar-refractivity contribution in [3.63, 3.8) is 0 Å². The molecule has 34 heavy (non-hydrogen) atoms. The Kier molecular flexibility index (Phi) is 6.97. The number of esters is 1. The Bertz CT molecular complexity index is 1080. The zero-order valence-electron chi connectivity index (χ0n) is 19.5. The molecule has 1 amide bonds. The summed E-state index contributed by atoms with van der Waals surface area (Å²) in [7, 11) is 4.27. The molecular formula is C24H27NO9. The summed E-state index contributed by atoms with van der Waals surface area (Å²) in [6, 6.07) is 7.26. The minimum absolute atomic E-state index is 0.135. The molecule has 1 fully saturated rings. The van der Waals surface area contributed by atoms with E-state index in [2.05, 4.69) is 5.32 Å². The van der Waals surface area contributed by atoms with Gasteiger partial charge in [0.2, 0.25) is 6.79 Å². The molecule has 0 saturated carbocycles. The number of amides is 1. The fraction of sp³-hybridized carbons (Fsp3) is 0.417. The number of epoxide rings is 1. The molecule has 10 heteroatoms. The van der Waals surface area contributed by atoms with Crippen molar-refractivity contribution in [3.05, 3.63) is 46.5 Å². The lowest BCUT2D eigenvalue weighted by Crippen LogP contribution is -2.26. The molecule has 0 unspecified atom stereocenters. The van der Waals surface area contributed by atoms with Crippen molar-refractivity contribution in [2.24, 2.45) is 0 Å². The minimum Gasteiger partial charge on any atom is -0.493 e. The monoisotopic (exact) mass is 473 g/mol. The normalized spacial score (nSPS) is 17.6. The highest BCUT2D eigenvalue weighted by atomic mass is 16.7. The number of ether oxygens (including phenoxy) is 7. The first kappa shape index (κ1) is 23.5. The highest BCUT2D eigenvalue weighted by Crippen LogP contribution is 2.56. The van der Waals surface area contributed by atoms with Crippen molar-refractivity contribution in [2.75, 3.05) is 41.3 Å². The number of hydrogen-bond donors (Lipinski definition) is 1. The van der Waals surface area contributed by atoms with E-state index in [0.29, 0.717) is 42.4 Å². The van der Waals surface area contributed by atoms with E-state index < -0.39 is 18.2 Å². The van der Waals surface area contributed by atoms with Crippen LogP contribution in [-0.4, -0.2) is 53.3 Å². The summed E-state index contributed by atoms with van der Waals surface area (Å²) in [6.07, 6.45) is -0.703. The van der Waals surface area contributed by atoms with Crippen LogP contribution in [0, 0.1) is 0 Å². The van der Waals surface area contributed by atoms with E-state index in [1.807, 2.05) is 12.1 Å². The number of methoxy groups -OCH3 is 3. The van der Waals surface area contributed by atoms with E-state index in [4.69, 9.17) is 33.2 Å². The number of carbonyl (C=O) groups excluding carboxylic acids is 2. The molecule has 4 rings (SSSR count). The van der Waals surface area contributed by atoms with E-state index >= 15 is 0 Å². The second kappa shape index (κ2) is 10.1. The Morgan fingerprint density at radius 1 is 1.03 bits per heavy atom. The Labute approximate surface area is 197 Å². The Hall–Kier alpha value is -3.66. The largest absolute Gasteiger partial charge is 0.493 e. The van der Waals surface area contributed by atoms with Gasteiger partial charge in [0.1, 0.15) is 17.8 Å². The Morgan fingerprint density at radius 2 is 1.76 bits per heavy atom. The zero-order valence-corrected chi connectivity index (χ0v) is 19.5. The first-order chi connectivity index (χ1) is 16.5. The topological polar surface area (TPSA) is 114 Å². The molecule has 2 aromatic rings. The molecule has 1 saturated heterocycles. The van der Waals surface area contributed by atoms with Gasteiger partial charge >= 0.3 is 12.1 Å². The van der Waals surface area contributed by atoms with Gasteiger partial charge in [-0.25, -0.2) is 9.59 Å². The maximum atomic E-state index is 12.6. The predicted octanol–water partition coefficient (Wildman–Crippen LogP) is 3.32. The fourth-order valence-corrected chi connectivity index (χ4v) is 4.04. The minimum atomic E-state index is -0.551. The van der Waals surface area contributed by atoms with Crippen molar-refractivity contribution < 1.29 is 42.7 Å².